The van der Waals surface area contributed by atoms with Crippen molar-refractivity contribution in [2.45, 2.75) is 67.2 Å². The van der Waals surface area contributed by atoms with Gasteiger partial charge >= 0.3 is 0 Å². The molecule has 0 unspecified atom stereocenters. The smallest absolute Gasteiger partial charge is 0.0533 e. The van der Waals surface area contributed by atoms with Gasteiger partial charge in [0, 0.05) is 0 Å². The van der Waals surface area contributed by atoms with E-state index >= 15 is 0 Å². The monoisotopic (exact) mass is 146 g/mol. The summed E-state index contributed by atoms with van der Waals surface area (Å²) in [6.07, 6.45) is 5.75. The molecule has 66 valence electrons. The second kappa shape index (κ2) is 36.0. The van der Waals surface area contributed by atoms with Gasteiger partial charge < -0.3 is 0 Å². The van der Waals surface area contributed by atoms with E-state index in [1.54, 1.807) is 0 Å². The normalized spacial score (nSPS) is 10.2. The largest absolute Gasteiger partial charge is 0.0683 e. The summed E-state index contributed by atoms with van der Waals surface area (Å²) < 4.78 is 0. The van der Waals surface area contributed by atoms with Crippen LogP contribution in [0.1, 0.15) is 67.2 Å². The molecule has 1 aliphatic carbocycles. The molecule has 0 radical (unpaired) electrons. The summed E-state index contributed by atoms with van der Waals surface area (Å²) in [5.41, 5.74) is 0. The Morgan fingerprint density at radius 2 is 0.800 bits per heavy atom. The third kappa shape index (κ3) is 392. The van der Waals surface area contributed by atoms with Gasteiger partial charge in [0.15, 0.2) is 0 Å². The van der Waals surface area contributed by atoms with Crippen molar-refractivity contribution in [2.24, 2.45) is 0 Å². The van der Waals surface area contributed by atoms with Crippen LogP contribution in [0.15, 0.2) is 0 Å². The first kappa shape index (κ1) is 16.5. The number of hydrogen-bond acceptors (Lipinski definition) is 0. The summed E-state index contributed by atoms with van der Waals surface area (Å²) in [6.45, 7) is 12.2. The minimum Gasteiger partial charge on any atom is -0.0683 e. The summed E-state index contributed by atoms with van der Waals surface area (Å²) in [7, 11) is 0. The van der Waals surface area contributed by atoms with Crippen LogP contribution in [0.2, 0.25) is 0 Å². The quantitative estimate of drug-likeness (QED) is 0.467. The van der Waals surface area contributed by atoms with Crippen molar-refractivity contribution in [1.29, 1.82) is 0 Å². The van der Waals surface area contributed by atoms with Crippen LogP contribution >= 0.6 is 0 Å². The molecule has 1 saturated carbocycles. The lowest BCUT2D eigenvalue weighted by atomic mass is 10.6. The summed E-state index contributed by atoms with van der Waals surface area (Å²) in [6, 6.07) is 0. The molecule has 0 spiro atoms. The van der Waals surface area contributed by atoms with Gasteiger partial charge in [0.05, 0.1) is 0 Å². The molecule has 0 heterocycles. The minimum absolute atomic E-state index is 1.25. The van der Waals surface area contributed by atoms with Crippen LogP contribution in [-0.2, 0) is 0 Å². The van der Waals surface area contributed by atoms with Gasteiger partial charge in [-0.15, -0.1) is 0 Å². The van der Waals surface area contributed by atoms with Gasteiger partial charge in [0.1, 0.15) is 0 Å². The Labute approximate surface area is 68.0 Å². The van der Waals surface area contributed by atoms with Crippen LogP contribution in [0.3, 0.4) is 0 Å². The molecule has 0 atom stereocenters. The van der Waals surface area contributed by atoms with E-state index in [4.69, 9.17) is 0 Å². The molecule has 1 aliphatic rings. The molecule has 0 aromatic carbocycles. The number of hydrogen-bond donors (Lipinski definition) is 0. The molecular formula is C10H26. The summed E-state index contributed by atoms with van der Waals surface area (Å²) in [4.78, 5) is 0. The zero-order valence-electron chi connectivity index (χ0n) is 8.83. The van der Waals surface area contributed by atoms with Gasteiger partial charge in [-0.2, -0.15) is 0 Å². The fourth-order valence-electron chi connectivity index (χ4n) is 0. The molecule has 1 rings (SSSR count). The Bertz CT molecular complexity index is 11.2. The molecule has 0 aromatic heterocycles. The maximum atomic E-state index is 2.12. The average molecular weight is 146 g/mol. The van der Waals surface area contributed by atoms with Gasteiger partial charge in [-0.1, -0.05) is 67.2 Å². The molecule has 0 aromatic rings. The highest BCUT2D eigenvalue weighted by molar-refractivity contribution is 4.50. The highest BCUT2D eigenvalue weighted by Crippen LogP contribution is 2.14. The van der Waals surface area contributed by atoms with Gasteiger partial charge in [0.2, 0.25) is 0 Å². The Morgan fingerprint density at radius 1 is 0.700 bits per heavy atom. The van der Waals surface area contributed by atoms with Crippen molar-refractivity contribution in [1.82, 2.24) is 0 Å². The van der Waals surface area contributed by atoms with Crippen molar-refractivity contribution >= 4 is 0 Å². The summed E-state index contributed by atoms with van der Waals surface area (Å²) in [5.74, 6) is 0. The molecule has 0 aliphatic heterocycles. The van der Waals surface area contributed by atoms with Crippen molar-refractivity contribution in [3.63, 3.8) is 0 Å². The minimum atomic E-state index is 1.25. The maximum absolute atomic E-state index is 2.12. The third-order valence-electron chi connectivity index (χ3n) is 0.354. The second-order valence-electron chi connectivity index (χ2n) is 1.77. The molecule has 0 amide bonds. The lowest BCUT2D eigenvalue weighted by Gasteiger charge is -1.48. The van der Waals surface area contributed by atoms with E-state index < -0.39 is 0 Å². The molecule has 10 heavy (non-hydrogen) atoms. The zero-order chi connectivity index (χ0) is 8.83. The SMILES string of the molecule is C1CC1.CC.CC.CCC. The van der Waals surface area contributed by atoms with E-state index in [2.05, 4.69) is 13.8 Å². The molecule has 0 bridgehead atoms. The maximum Gasteiger partial charge on any atom is -0.0533 e. The molecular weight excluding hydrogens is 120 g/mol. The highest BCUT2D eigenvalue weighted by atomic mass is 14.0. The average Bonchev–Trinajstić information content (AvgIpc) is 2.82. The topological polar surface area (TPSA) is 0 Å². The first-order valence-corrected chi connectivity index (χ1v) is 4.91. The molecule has 0 nitrogen and oxygen atoms in total. The Balaban J connectivity index is -0.0000000675. The predicted molar refractivity (Wildman–Crippen MR) is 52.5 cm³/mol. The van der Waals surface area contributed by atoms with E-state index in [0.717, 1.165) is 0 Å². The van der Waals surface area contributed by atoms with Crippen LogP contribution in [0, 0.1) is 0 Å². The summed E-state index contributed by atoms with van der Waals surface area (Å²) >= 11 is 0. The van der Waals surface area contributed by atoms with E-state index in [9.17, 15) is 0 Å². The van der Waals surface area contributed by atoms with Crippen LogP contribution in [-0.4, -0.2) is 0 Å². The third-order valence-corrected chi connectivity index (χ3v) is 0.354. The van der Waals surface area contributed by atoms with E-state index in [-0.39, 0.29) is 0 Å². The lowest BCUT2D eigenvalue weighted by Crippen LogP contribution is -1.27. The van der Waals surface area contributed by atoms with Gasteiger partial charge in [-0.05, 0) is 0 Å². The molecule has 0 saturated heterocycles. The van der Waals surface area contributed by atoms with E-state index in [1.165, 1.54) is 25.7 Å². The second-order valence-corrected chi connectivity index (χ2v) is 1.77. The molecule has 0 N–H and O–H groups in total. The van der Waals surface area contributed by atoms with Crippen molar-refractivity contribution in [3.8, 4) is 0 Å². The molecule has 1 fully saturated rings. The Morgan fingerprint density at radius 3 is 0.800 bits per heavy atom. The Kier molecular flexibility index (Phi) is 59.5. The van der Waals surface area contributed by atoms with Crippen molar-refractivity contribution in [2.75, 3.05) is 0 Å². The van der Waals surface area contributed by atoms with Crippen LogP contribution < -0.4 is 0 Å². The van der Waals surface area contributed by atoms with E-state index in [1.807, 2.05) is 27.7 Å². The first-order chi connectivity index (χ1) is 4.91. The van der Waals surface area contributed by atoms with Crippen LogP contribution in [0.25, 0.3) is 0 Å². The summed E-state index contributed by atoms with van der Waals surface area (Å²) in [5, 5.41) is 0. The van der Waals surface area contributed by atoms with Gasteiger partial charge in [-0.3, -0.25) is 0 Å². The van der Waals surface area contributed by atoms with Crippen LogP contribution in [0.4, 0.5) is 0 Å². The van der Waals surface area contributed by atoms with Gasteiger partial charge in [-0.25, -0.2) is 0 Å². The van der Waals surface area contributed by atoms with Crippen LogP contribution in [0.5, 0.6) is 0 Å². The number of rotatable bonds is 0. The zero-order valence-corrected chi connectivity index (χ0v) is 8.83. The fraction of sp³-hybridized carbons (Fsp3) is 1.00. The standard InChI is InChI=1S/C3H6.C3H8.2C2H6/c1-2-3-1;1-3-2;2*1-2/h1-3H2;3H2,1-2H3;2*1-2H3. The molecule has 0 heteroatoms. The fourth-order valence-corrected chi connectivity index (χ4v) is 0. The van der Waals surface area contributed by atoms with Gasteiger partial charge in [0.25, 0.3) is 0 Å². The highest BCUT2D eigenvalue weighted by Gasteiger charge is 1.95. The van der Waals surface area contributed by atoms with Crippen molar-refractivity contribution < 1.29 is 0 Å². The first-order valence-electron chi connectivity index (χ1n) is 4.91. The van der Waals surface area contributed by atoms with Crippen molar-refractivity contribution in [3.05, 3.63) is 0 Å². The Hall–Kier alpha value is 0. The lowest BCUT2D eigenvalue weighted by molar-refractivity contribution is 1.09. The predicted octanol–water partition coefficient (Wildman–Crippen LogP) is 4.64. The van der Waals surface area contributed by atoms with E-state index in [0.29, 0.717) is 0 Å².